The Morgan fingerprint density at radius 1 is 1.15 bits per heavy atom. The molecule has 0 bridgehead atoms. The van der Waals surface area contributed by atoms with Gasteiger partial charge in [0.2, 0.25) is 0 Å². The Morgan fingerprint density at radius 2 is 1.81 bits per heavy atom. The van der Waals surface area contributed by atoms with Gasteiger partial charge in [-0.25, -0.2) is 8.42 Å². The van der Waals surface area contributed by atoms with Gasteiger partial charge in [0.25, 0.3) is 15.9 Å². The molecule has 0 atom stereocenters. The van der Waals surface area contributed by atoms with Crippen LogP contribution in [0.4, 0.5) is 5.69 Å². The van der Waals surface area contributed by atoms with Gasteiger partial charge < -0.3 is 9.64 Å². The molecule has 27 heavy (non-hydrogen) atoms. The second-order valence-electron chi connectivity index (χ2n) is 6.21. The second kappa shape index (κ2) is 8.31. The normalized spacial score (nSPS) is 14.2. The Hall–Kier alpha value is -2.06. The summed E-state index contributed by atoms with van der Waals surface area (Å²) in [7, 11) is -3.84. The van der Waals surface area contributed by atoms with Crippen molar-refractivity contribution < 1.29 is 17.9 Å². The van der Waals surface area contributed by atoms with Crippen molar-refractivity contribution in [1.82, 2.24) is 4.90 Å². The number of anilines is 1. The standard InChI is InChI=1S/C19H21BrN2O4S/c1-2-26-17-10-7-15(20)13-18(17)27(24,25)21-16-8-5-14(6-9-16)19(23)22-11-3-4-12-22/h5-10,13,21H,2-4,11-12H2,1H3. The fourth-order valence-corrected chi connectivity index (χ4v) is 4.70. The number of ether oxygens (including phenoxy) is 1. The van der Waals surface area contributed by atoms with Crippen LogP contribution in [-0.4, -0.2) is 38.9 Å². The molecule has 1 N–H and O–H groups in total. The van der Waals surface area contributed by atoms with Gasteiger partial charge in [0.1, 0.15) is 10.6 Å². The van der Waals surface area contributed by atoms with Gasteiger partial charge in [-0.2, -0.15) is 0 Å². The number of amides is 1. The molecule has 0 aliphatic carbocycles. The van der Waals surface area contributed by atoms with E-state index in [0.29, 0.717) is 22.3 Å². The quantitative estimate of drug-likeness (QED) is 0.721. The lowest BCUT2D eigenvalue weighted by Gasteiger charge is -2.16. The summed E-state index contributed by atoms with van der Waals surface area (Å²) in [5, 5.41) is 0. The van der Waals surface area contributed by atoms with Gasteiger partial charge in [-0.15, -0.1) is 0 Å². The van der Waals surface area contributed by atoms with Gasteiger partial charge in [-0.3, -0.25) is 9.52 Å². The minimum absolute atomic E-state index is 0.0208. The van der Waals surface area contributed by atoms with Crippen molar-refractivity contribution >= 4 is 37.5 Å². The number of hydrogen-bond acceptors (Lipinski definition) is 4. The van der Waals surface area contributed by atoms with Crippen molar-refractivity contribution in [3.8, 4) is 5.75 Å². The van der Waals surface area contributed by atoms with Gasteiger partial charge in [0.05, 0.1) is 6.61 Å². The molecule has 0 saturated carbocycles. The number of rotatable bonds is 6. The minimum atomic E-state index is -3.84. The van der Waals surface area contributed by atoms with E-state index in [1.54, 1.807) is 43.3 Å². The van der Waals surface area contributed by atoms with Crippen molar-refractivity contribution in [2.24, 2.45) is 0 Å². The number of sulfonamides is 1. The Kier molecular flexibility index (Phi) is 6.06. The Labute approximate surface area is 167 Å². The van der Waals surface area contributed by atoms with E-state index in [2.05, 4.69) is 20.7 Å². The first-order valence-corrected chi connectivity index (χ1v) is 11.0. The Balaban J connectivity index is 1.80. The van der Waals surface area contributed by atoms with E-state index in [1.807, 2.05) is 4.90 Å². The molecular formula is C19H21BrN2O4S. The molecule has 1 aliphatic rings. The van der Waals surface area contributed by atoms with E-state index in [-0.39, 0.29) is 16.6 Å². The molecule has 0 radical (unpaired) electrons. The summed E-state index contributed by atoms with van der Waals surface area (Å²) in [4.78, 5) is 14.3. The molecule has 2 aromatic rings. The molecule has 3 rings (SSSR count). The SMILES string of the molecule is CCOc1ccc(Br)cc1S(=O)(=O)Nc1ccc(C(=O)N2CCCC2)cc1. The monoisotopic (exact) mass is 452 g/mol. The van der Waals surface area contributed by atoms with Crippen LogP contribution in [-0.2, 0) is 10.0 Å². The third kappa shape index (κ3) is 4.62. The van der Waals surface area contributed by atoms with Gasteiger partial charge in [0, 0.05) is 28.8 Å². The van der Waals surface area contributed by atoms with Crippen LogP contribution in [0.2, 0.25) is 0 Å². The fraction of sp³-hybridized carbons (Fsp3) is 0.316. The van der Waals surface area contributed by atoms with Crippen LogP contribution in [0.15, 0.2) is 51.8 Å². The van der Waals surface area contributed by atoms with E-state index >= 15 is 0 Å². The highest BCUT2D eigenvalue weighted by molar-refractivity contribution is 9.10. The summed E-state index contributed by atoms with van der Waals surface area (Å²) < 4.78 is 34.2. The smallest absolute Gasteiger partial charge is 0.265 e. The van der Waals surface area contributed by atoms with Crippen molar-refractivity contribution in [2.45, 2.75) is 24.7 Å². The molecule has 1 heterocycles. The van der Waals surface area contributed by atoms with Crippen LogP contribution >= 0.6 is 15.9 Å². The van der Waals surface area contributed by atoms with Gasteiger partial charge in [-0.1, -0.05) is 15.9 Å². The van der Waals surface area contributed by atoms with Crippen LogP contribution < -0.4 is 9.46 Å². The highest BCUT2D eigenvalue weighted by Crippen LogP contribution is 2.29. The van der Waals surface area contributed by atoms with Crippen LogP contribution in [0, 0.1) is 0 Å². The molecule has 1 saturated heterocycles. The zero-order chi connectivity index (χ0) is 19.4. The number of likely N-dealkylation sites (tertiary alicyclic amines) is 1. The summed E-state index contributed by atoms with van der Waals surface area (Å²) in [6.45, 7) is 3.70. The summed E-state index contributed by atoms with van der Waals surface area (Å²) in [6.07, 6.45) is 2.05. The van der Waals surface area contributed by atoms with E-state index in [0.717, 1.165) is 25.9 Å². The predicted molar refractivity (Wildman–Crippen MR) is 108 cm³/mol. The first-order chi connectivity index (χ1) is 12.9. The maximum atomic E-state index is 12.8. The number of hydrogen-bond donors (Lipinski definition) is 1. The molecule has 6 nitrogen and oxygen atoms in total. The molecule has 0 spiro atoms. The van der Waals surface area contributed by atoms with E-state index in [4.69, 9.17) is 4.74 Å². The zero-order valence-electron chi connectivity index (χ0n) is 14.9. The van der Waals surface area contributed by atoms with Gasteiger partial charge in [-0.05, 0) is 62.2 Å². The van der Waals surface area contributed by atoms with Crippen LogP contribution in [0.3, 0.4) is 0 Å². The summed E-state index contributed by atoms with van der Waals surface area (Å²) in [5.41, 5.74) is 0.938. The summed E-state index contributed by atoms with van der Waals surface area (Å²) in [5.74, 6) is 0.265. The maximum absolute atomic E-state index is 12.8. The molecule has 1 aliphatic heterocycles. The third-order valence-electron chi connectivity index (χ3n) is 4.27. The first kappa shape index (κ1) is 19.7. The van der Waals surface area contributed by atoms with Crippen LogP contribution in [0.25, 0.3) is 0 Å². The average Bonchev–Trinajstić information content (AvgIpc) is 3.18. The van der Waals surface area contributed by atoms with Gasteiger partial charge in [0.15, 0.2) is 0 Å². The number of carbonyl (C=O) groups excluding carboxylic acids is 1. The zero-order valence-corrected chi connectivity index (χ0v) is 17.3. The van der Waals surface area contributed by atoms with Crippen molar-refractivity contribution in [1.29, 1.82) is 0 Å². The number of carbonyl (C=O) groups is 1. The lowest BCUT2D eigenvalue weighted by atomic mass is 10.2. The van der Waals surface area contributed by atoms with Gasteiger partial charge >= 0.3 is 0 Å². The summed E-state index contributed by atoms with van der Waals surface area (Å²) in [6, 6.07) is 11.3. The van der Waals surface area contributed by atoms with Crippen LogP contribution in [0.5, 0.6) is 5.75 Å². The number of halogens is 1. The largest absolute Gasteiger partial charge is 0.492 e. The Bertz CT molecular complexity index is 923. The van der Waals surface area contributed by atoms with E-state index in [1.165, 1.54) is 6.07 Å². The minimum Gasteiger partial charge on any atom is -0.492 e. The molecule has 0 unspecified atom stereocenters. The number of nitrogens with one attached hydrogen (secondary N) is 1. The maximum Gasteiger partial charge on any atom is 0.265 e. The molecule has 2 aromatic carbocycles. The molecule has 1 amide bonds. The lowest BCUT2D eigenvalue weighted by Crippen LogP contribution is -2.27. The molecule has 144 valence electrons. The third-order valence-corrected chi connectivity index (χ3v) is 6.17. The predicted octanol–water partition coefficient (Wildman–Crippen LogP) is 3.88. The Morgan fingerprint density at radius 3 is 2.44 bits per heavy atom. The van der Waals surface area contributed by atoms with E-state index in [9.17, 15) is 13.2 Å². The van der Waals surface area contributed by atoms with Crippen molar-refractivity contribution in [3.05, 3.63) is 52.5 Å². The highest BCUT2D eigenvalue weighted by atomic mass is 79.9. The molecule has 0 aromatic heterocycles. The lowest BCUT2D eigenvalue weighted by molar-refractivity contribution is 0.0793. The number of nitrogens with zero attached hydrogens (tertiary/aromatic N) is 1. The van der Waals surface area contributed by atoms with E-state index < -0.39 is 10.0 Å². The highest BCUT2D eigenvalue weighted by Gasteiger charge is 2.22. The molecule has 1 fully saturated rings. The van der Waals surface area contributed by atoms with Crippen molar-refractivity contribution in [3.63, 3.8) is 0 Å². The molecule has 8 heteroatoms. The summed E-state index contributed by atoms with van der Waals surface area (Å²) >= 11 is 3.29. The van der Waals surface area contributed by atoms with Crippen LogP contribution in [0.1, 0.15) is 30.1 Å². The topological polar surface area (TPSA) is 75.7 Å². The van der Waals surface area contributed by atoms with Crippen molar-refractivity contribution in [2.75, 3.05) is 24.4 Å². The fourth-order valence-electron chi connectivity index (χ4n) is 2.96. The number of benzene rings is 2. The first-order valence-electron chi connectivity index (χ1n) is 8.75. The molecular weight excluding hydrogens is 432 g/mol. The average molecular weight is 453 g/mol. The second-order valence-corrected chi connectivity index (χ2v) is 8.77.